The van der Waals surface area contributed by atoms with Crippen molar-refractivity contribution >= 4 is 5.69 Å². The van der Waals surface area contributed by atoms with Crippen LogP contribution < -0.4 is 10.6 Å². The first-order valence-electron chi connectivity index (χ1n) is 7.33. The number of nitrogens with two attached hydrogens (primary N) is 1. The lowest BCUT2D eigenvalue weighted by atomic mass is 9.88. The van der Waals surface area contributed by atoms with Gasteiger partial charge in [-0.15, -0.1) is 0 Å². The number of piperidine rings is 1. The van der Waals surface area contributed by atoms with Gasteiger partial charge in [0.25, 0.3) is 0 Å². The molecule has 2 nitrogen and oxygen atoms in total. The fourth-order valence-electron chi connectivity index (χ4n) is 3.97. The summed E-state index contributed by atoms with van der Waals surface area (Å²) in [6, 6.07) is 10.5. The van der Waals surface area contributed by atoms with Gasteiger partial charge >= 0.3 is 0 Å². The number of benzene rings is 1. The summed E-state index contributed by atoms with van der Waals surface area (Å²) < 4.78 is 0. The SMILES string of the molecule is Cc1cccc(N2C3CCC2CC(CCN)C3)c1. The van der Waals surface area contributed by atoms with Crippen molar-refractivity contribution in [3.8, 4) is 0 Å². The van der Waals surface area contributed by atoms with Gasteiger partial charge < -0.3 is 10.6 Å². The maximum absolute atomic E-state index is 5.72. The summed E-state index contributed by atoms with van der Waals surface area (Å²) in [5.74, 6) is 0.869. The smallest absolute Gasteiger partial charge is 0.0373 e. The van der Waals surface area contributed by atoms with Crippen molar-refractivity contribution in [1.82, 2.24) is 0 Å². The van der Waals surface area contributed by atoms with Gasteiger partial charge in [-0.2, -0.15) is 0 Å². The summed E-state index contributed by atoms with van der Waals surface area (Å²) in [6.07, 6.45) is 6.66. The standard InChI is InChI=1S/C16H24N2/c1-12-3-2-4-14(9-12)18-15-5-6-16(18)11-13(10-15)7-8-17/h2-4,9,13,15-16H,5-8,10-11,17H2,1H3. The molecule has 0 saturated carbocycles. The first-order valence-corrected chi connectivity index (χ1v) is 7.33. The number of rotatable bonds is 3. The number of fused-ring (bicyclic) bond motifs is 2. The Labute approximate surface area is 110 Å². The molecule has 2 bridgehead atoms. The molecular formula is C16H24N2. The van der Waals surface area contributed by atoms with Crippen molar-refractivity contribution in [3.63, 3.8) is 0 Å². The van der Waals surface area contributed by atoms with Crippen molar-refractivity contribution in [2.75, 3.05) is 11.4 Å². The molecule has 1 aromatic carbocycles. The number of anilines is 1. The minimum Gasteiger partial charge on any atom is -0.366 e. The lowest BCUT2D eigenvalue weighted by Gasteiger charge is -2.40. The fraction of sp³-hybridized carbons (Fsp3) is 0.625. The van der Waals surface area contributed by atoms with E-state index in [2.05, 4.69) is 36.1 Å². The van der Waals surface area contributed by atoms with E-state index >= 15 is 0 Å². The second-order valence-electron chi connectivity index (χ2n) is 6.05. The van der Waals surface area contributed by atoms with Gasteiger partial charge in [0.15, 0.2) is 0 Å². The van der Waals surface area contributed by atoms with E-state index in [0.29, 0.717) is 0 Å². The van der Waals surface area contributed by atoms with E-state index in [4.69, 9.17) is 5.73 Å². The Morgan fingerprint density at radius 3 is 2.56 bits per heavy atom. The third-order valence-corrected chi connectivity index (χ3v) is 4.71. The van der Waals surface area contributed by atoms with Crippen LogP contribution in [0.15, 0.2) is 24.3 Å². The molecule has 0 aliphatic carbocycles. The monoisotopic (exact) mass is 244 g/mol. The van der Waals surface area contributed by atoms with E-state index < -0.39 is 0 Å². The lowest BCUT2D eigenvalue weighted by Crippen LogP contribution is -2.43. The molecule has 2 heteroatoms. The highest BCUT2D eigenvalue weighted by Crippen LogP contribution is 2.42. The Hall–Kier alpha value is -1.02. The second kappa shape index (κ2) is 4.93. The molecule has 0 radical (unpaired) electrons. The van der Waals surface area contributed by atoms with Crippen LogP contribution in [0.4, 0.5) is 5.69 Å². The highest BCUT2D eigenvalue weighted by Gasteiger charge is 2.40. The van der Waals surface area contributed by atoms with Crippen LogP contribution >= 0.6 is 0 Å². The van der Waals surface area contributed by atoms with Crippen LogP contribution in [0.3, 0.4) is 0 Å². The van der Waals surface area contributed by atoms with Crippen LogP contribution in [0, 0.1) is 12.8 Å². The van der Waals surface area contributed by atoms with Crippen LogP contribution in [0.5, 0.6) is 0 Å². The second-order valence-corrected chi connectivity index (χ2v) is 6.05. The van der Waals surface area contributed by atoms with Crippen molar-refractivity contribution in [2.24, 2.45) is 11.7 Å². The largest absolute Gasteiger partial charge is 0.366 e. The predicted octanol–water partition coefficient (Wildman–Crippen LogP) is 3.09. The normalized spacial score (nSPS) is 30.8. The van der Waals surface area contributed by atoms with E-state index in [1.165, 1.54) is 43.4 Å². The zero-order chi connectivity index (χ0) is 12.5. The molecule has 1 aromatic rings. The number of nitrogens with zero attached hydrogens (tertiary/aromatic N) is 1. The molecule has 2 aliphatic rings. The first kappa shape index (κ1) is 12.0. The van der Waals surface area contributed by atoms with Crippen molar-refractivity contribution in [3.05, 3.63) is 29.8 Å². The molecule has 2 atom stereocenters. The summed E-state index contributed by atoms with van der Waals surface area (Å²) in [4.78, 5) is 2.69. The Morgan fingerprint density at radius 1 is 1.22 bits per heavy atom. The molecule has 18 heavy (non-hydrogen) atoms. The molecule has 3 rings (SSSR count). The molecule has 0 amide bonds. The maximum atomic E-state index is 5.72. The Balaban J connectivity index is 1.79. The summed E-state index contributed by atoms with van der Waals surface area (Å²) in [7, 11) is 0. The van der Waals surface area contributed by atoms with Gasteiger partial charge in [0.2, 0.25) is 0 Å². The van der Waals surface area contributed by atoms with E-state index in [1.54, 1.807) is 0 Å². The lowest BCUT2D eigenvalue weighted by molar-refractivity contribution is 0.326. The molecule has 2 heterocycles. The van der Waals surface area contributed by atoms with Crippen molar-refractivity contribution in [1.29, 1.82) is 0 Å². The summed E-state index contributed by atoms with van der Waals surface area (Å²) in [6.45, 7) is 3.04. The van der Waals surface area contributed by atoms with Crippen LogP contribution in [0.25, 0.3) is 0 Å². The van der Waals surface area contributed by atoms with E-state index in [1.807, 2.05) is 0 Å². The van der Waals surface area contributed by atoms with Crippen LogP contribution in [0.2, 0.25) is 0 Å². The molecule has 2 saturated heterocycles. The van der Waals surface area contributed by atoms with Gasteiger partial charge in [-0.25, -0.2) is 0 Å². The van der Waals surface area contributed by atoms with E-state index in [-0.39, 0.29) is 0 Å². The summed E-state index contributed by atoms with van der Waals surface area (Å²) in [5.41, 5.74) is 8.53. The van der Waals surface area contributed by atoms with Crippen LogP contribution in [-0.4, -0.2) is 18.6 Å². The van der Waals surface area contributed by atoms with Crippen molar-refractivity contribution in [2.45, 2.75) is 51.1 Å². The zero-order valence-corrected chi connectivity index (χ0v) is 11.3. The van der Waals surface area contributed by atoms with E-state index in [0.717, 1.165) is 24.5 Å². The topological polar surface area (TPSA) is 29.3 Å². The number of hydrogen-bond acceptors (Lipinski definition) is 2. The molecule has 2 unspecified atom stereocenters. The van der Waals surface area contributed by atoms with Gasteiger partial charge in [-0.3, -0.25) is 0 Å². The first-order chi connectivity index (χ1) is 8.78. The van der Waals surface area contributed by atoms with Gasteiger partial charge in [0.05, 0.1) is 0 Å². The molecule has 2 N–H and O–H groups in total. The predicted molar refractivity (Wildman–Crippen MR) is 76.9 cm³/mol. The average molecular weight is 244 g/mol. The minimum atomic E-state index is 0.766. The maximum Gasteiger partial charge on any atom is 0.0373 e. The Bertz CT molecular complexity index is 401. The highest BCUT2D eigenvalue weighted by atomic mass is 15.2. The third-order valence-electron chi connectivity index (χ3n) is 4.71. The average Bonchev–Trinajstić information content (AvgIpc) is 2.62. The minimum absolute atomic E-state index is 0.766. The molecule has 0 aromatic heterocycles. The summed E-state index contributed by atoms with van der Waals surface area (Å²) >= 11 is 0. The zero-order valence-electron chi connectivity index (χ0n) is 11.3. The van der Waals surface area contributed by atoms with Gasteiger partial charge in [0, 0.05) is 17.8 Å². The van der Waals surface area contributed by atoms with Gasteiger partial charge in [-0.1, -0.05) is 12.1 Å². The number of aryl methyl sites for hydroxylation is 1. The van der Waals surface area contributed by atoms with Crippen LogP contribution in [-0.2, 0) is 0 Å². The Kier molecular flexibility index (Phi) is 3.29. The van der Waals surface area contributed by atoms with Gasteiger partial charge in [0.1, 0.15) is 0 Å². The fourth-order valence-corrected chi connectivity index (χ4v) is 3.97. The number of hydrogen-bond donors (Lipinski definition) is 1. The van der Waals surface area contributed by atoms with E-state index in [9.17, 15) is 0 Å². The van der Waals surface area contributed by atoms with Crippen LogP contribution in [0.1, 0.15) is 37.7 Å². The third kappa shape index (κ3) is 2.14. The Morgan fingerprint density at radius 2 is 1.94 bits per heavy atom. The molecular weight excluding hydrogens is 220 g/mol. The molecule has 98 valence electrons. The van der Waals surface area contributed by atoms with Gasteiger partial charge in [-0.05, 0) is 69.2 Å². The molecule has 0 spiro atoms. The quantitative estimate of drug-likeness (QED) is 0.885. The summed E-state index contributed by atoms with van der Waals surface area (Å²) in [5, 5.41) is 0. The highest BCUT2D eigenvalue weighted by molar-refractivity contribution is 5.52. The molecule has 2 aliphatic heterocycles. The van der Waals surface area contributed by atoms with Crippen molar-refractivity contribution < 1.29 is 0 Å². The molecule has 2 fully saturated rings.